The van der Waals surface area contributed by atoms with Crippen molar-refractivity contribution in [2.45, 2.75) is 20.3 Å². The van der Waals surface area contributed by atoms with E-state index in [4.69, 9.17) is 16.9 Å². The summed E-state index contributed by atoms with van der Waals surface area (Å²) >= 11 is 5.90. The lowest BCUT2D eigenvalue weighted by atomic mass is 10.2. The minimum absolute atomic E-state index is 0.154. The fourth-order valence-corrected chi connectivity index (χ4v) is 2.60. The third-order valence-electron chi connectivity index (χ3n) is 3.71. The molecule has 0 aliphatic carbocycles. The number of halogens is 1. The summed E-state index contributed by atoms with van der Waals surface area (Å²) in [6.07, 6.45) is 0.154. The van der Waals surface area contributed by atoms with Crippen LogP contribution < -0.4 is 10.2 Å². The number of rotatable bonds is 5. The summed E-state index contributed by atoms with van der Waals surface area (Å²) in [6.45, 7) is 3.55. The molecule has 2 aromatic rings. The Bertz CT molecular complexity index is 826. The van der Waals surface area contributed by atoms with Crippen LogP contribution in [0.1, 0.15) is 24.5 Å². The van der Waals surface area contributed by atoms with E-state index in [0.29, 0.717) is 22.0 Å². The molecule has 128 valence electrons. The third-order valence-corrected chi connectivity index (χ3v) is 3.95. The Kier molecular flexibility index (Phi) is 6.15. The van der Waals surface area contributed by atoms with E-state index in [1.807, 2.05) is 13.0 Å². The number of carbonyl (C=O) groups excluding carboxylic acids is 2. The lowest BCUT2D eigenvalue weighted by molar-refractivity contribution is -0.117. The molecule has 0 saturated carbocycles. The van der Waals surface area contributed by atoms with Gasteiger partial charge in [0.1, 0.15) is 0 Å². The molecule has 0 aromatic heterocycles. The molecular weight excluding hydrogens is 338 g/mol. The number of hydrogen-bond donors (Lipinski definition) is 1. The average Bonchev–Trinajstić information content (AvgIpc) is 2.58. The highest BCUT2D eigenvalue weighted by atomic mass is 35.5. The Hall–Kier alpha value is -2.84. The van der Waals surface area contributed by atoms with Crippen LogP contribution in [0.25, 0.3) is 0 Å². The van der Waals surface area contributed by atoms with Crippen LogP contribution >= 0.6 is 11.6 Å². The molecule has 0 atom stereocenters. The summed E-state index contributed by atoms with van der Waals surface area (Å²) in [5.74, 6) is -0.356. The number of nitrogens with zero attached hydrogens (tertiary/aromatic N) is 2. The number of hydrogen-bond acceptors (Lipinski definition) is 3. The number of nitriles is 1. The van der Waals surface area contributed by atoms with Gasteiger partial charge in [-0.3, -0.25) is 9.59 Å². The lowest BCUT2D eigenvalue weighted by Gasteiger charge is -2.21. The maximum atomic E-state index is 12.2. The molecule has 0 heterocycles. The highest BCUT2D eigenvalue weighted by Crippen LogP contribution is 2.20. The van der Waals surface area contributed by atoms with E-state index in [0.717, 1.165) is 5.56 Å². The van der Waals surface area contributed by atoms with E-state index < -0.39 is 0 Å². The number of anilines is 2. The zero-order valence-electron chi connectivity index (χ0n) is 14.0. The Labute approximate surface area is 151 Å². The second kappa shape index (κ2) is 8.32. The summed E-state index contributed by atoms with van der Waals surface area (Å²) in [4.78, 5) is 25.6. The molecule has 0 aliphatic heterocycles. The number of carbonyl (C=O) groups is 2. The second-order valence-corrected chi connectivity index (χ2v) is 6.02. The van der Waals surface area contributed by atoms with E-state index in [1.54, 1.807) is 42.5 Å². The molecule has 1 N–H and O–H groups in total. The highest BCUT2D eigenvalue weighted by Gasteiger charge is 2.14. The first kappa shape index (κ1) is 18.5. The summed E-state index contributed by atoms with van der Waals surface area (Å²) in [5.41, 5.74) is 2.74. The first-order chi connectivity index (χ1) is 11.9. The Morgan fingerprint density at radius 1 is 1.20 bits per heavy atom. The minimum atomic E-state index is -0.190. The predicted molar refractivity (Wildman–Crippen MR) is 98.6 cm³/mol. The van der Waals surface area contributed by atoms with Crippen molar-refractivity contribution in [1.82, 2.24) is 0 Å². The number of benzene rings is 2. The number of aryl methyl sites for hydroxylation is 1. The predicted octanol–water partition coefficient (Wildman–Crippen LogP) is 3.90. The van der Waals surface area contributed by atoms with Crippen LogP contribution in [-0.4, -0.2) is 18.4 Å². The highest BCUT2D eigenvalue weighted by molar-refractivity contribution is 6.30. The van der Waals surface area contributed by atoms with Crippen LogP contribution in [0.5, 0.6) is 0 Å². The van der Waals surface area contributed by atoms with Gasteiger partial charge in [-0.05, 0) is 55.0 Å². The smallest absolute Gasteiger partial charge is 0.226 e. The van der Waals surface area contributed by atoms with Gasteiger partial charge in [0.05, 0.1) is 11.6 Å². The monoisotopic (exact) mass is 355 g/mol. The molecule has 0 spiro atoms. The number of amides is 2. The van der Waals surface area contributed by atoms with E-state index in [1.165, 1.54) is 11.8 Å². The van der Waals surface area contributed by atoms with Crippen LogP contribution in [0.4, 0.5) is 11.4 Å². The van der Waals surface area contributed by atoms with Crippen molar-refractivity contribution in [3.8, 4) is 6.07 Å². The normalized spacial score (nSPS) is 10.0. The van der Waals surface area contributed by atoms with Gasteiger partial charge in [-0.15, -0.1) is 0 Å². The molecule has 6 heteroatoms. The Balaban J connectivity index is 2.01. The molecular formula is C19H18ClN3O2. The van der Waals surface area contributed by atoms with E-state index >= 15 is 0 Å². The van der Waals surface area contributed by atoms with Crippen molar-refractivity contribution in [1.29, 1.82) is 5.26 Å². The maximum Gasteiger partial charge on any atom is 0.226 e. The molecule has 0 aliphatic rings. The first-order valence-corrected chi connectivity index (χ1v) is 8.13. The molecule has 0 saturated heterocycles. The zero-order valence-corrected chi connectivity index (χ0v) is 14.8. The van der Waals surface area contributed by atoms with Crippen LogP contribution in [0.2, 0.25) is 5.02 Å². The quantitative estimate of drug-likeness (QED) is 0.883. The van der Waals surface area contributed by atoms with Crippen molar-refractivity contribution >= 4 is 34.8 Å². The van der Waals surface area contributed by atoms with Gasteiger partial charge in [-0.1, -0.05) is 11.6 Å². The molecule has 2 amide bonds. The SMILES string of the molecule is CC(=O)N(CCC(=O)Nc1ccc(Cl)cc1C)c1ccc(C#N)cc1. The van der Waals surface area contributed by atoms with Crippen LogP contribution in [0.3, 0.4) is 0 Å². The van der Waals surface area contributed by atoms with E-state index in [-0.39, 0.29) is 24.8 Å². The van der Waals surface area contributed by atoms with Crippen molar-refractivity contribution in [3.05, 3.63) is 58.6 Å². The molecule has 0 radical (unpaired) electrons. The van der Waals surface area contributed by atoms with Crippen LogP contribution in [0.15, 0.2) is 42.5 Å². The van der Waals surface area contributed by atoms with Crippen molar-refractivity contribution in [2.24, 2.45) is 0 Å². The maximum absolute atomic E-state index is 12.2. The van der Waals surface area contributed by atoms with Gasteiger partial charge in [0.2, 0.25) is 11.8 Å². The van der Waals surface area contributed by atoms with Crippen molar-refractivity contribution in [3.63, 3.8) is 0 Å². The van der Waals surface area contributed by atoms with Crippen molar-refractivity contribution in [2.75, 3.05) is 16.8 Å². The van der Waals surface area contributed by atoms with E-state index in [9.17, 15) is 9.59 Å². The third kappa shape index (κ3) is 5.07. The fourth-order valence-electron chi connectivity index (χ4n) is 2.38. The van der Waals surface area contributed by atoms with Gasteiger partial charge in [-0.2, -0.15) is 5.26 Å². The number of nitrogens with one attached hydrogen (secondary N) is 1. The molecule has 5 nitrogen and oxygen atoms in total. The van der Waals surface area contributed by atoms with Crippen LogP contribution in [-0.2, 0) is 9.59 Å². The Morgan fingerprint density at radius 3 is 2.44 bits per heavy atom. The standard InChI is InChI=1S/C19H18ClN3O2/c1-13-11-16(20)5-8-18(13)22-19(25)9-10-23(14(2)24)17-6-3-15(12-21)4-7-17/h3-8,11H,9-10H2,1-2H3,(H,22,25). The molecule has 2 rings (SSSR count). The molecule has 0 bridgehead atoms. The van der Waals surface area contributed by atoms with Gasteiger partial charge in [0, 0.05) is 36.3 Å². The zero-order chi connectivity index (χ0) is 18.4. The molecule has 0 unspecified atom stereocenters. The summed E-state index contributed by atoms with van der Waals surface area (Å²) in [5, 5.41) is 12.3. The summed E-state index contributed by atoms with van der Waals surface area (Å²) in [7, 11) is 0. The summed E-state index contributed by atoms with van der Waals surface area (Å²) < 4.78 is 0. The molecule has 25 heavy (non-hydrogen) atoms. The van der Waals surface area contributed by atoms with Gasteiger partial charge in [0.15, 0.2) is 0 Å². The molecule has 2 aromatic carbocycles. The molecule has 0 fully saturated rings. The van der Waals surface area contributed by atoms with Gasteiger partial charge in [-0.25, -0.2) is 0 Å². The average molecular weight is 356 g/mol. The summed E-state index contributed by atoms with van der Waals surface area (Å²) in [6, 6.07) is 13.9. The topological polar surface area (TPSA) is 73.2 Å². The minimum Gasteiger partial charge on any atom is -0.326 e. The largest absolute Gasteiger partial charge is 0.326 e. The first-order valence-electron chi connectivity index (χ1n) is 7.75. The fraction of sp³-hybridized carbons (Fsp3) is 0.211. The van der Waals surface area contributed by atoms with Gasteiger partial charge in [0.25, 0.3) is 0 Å². The van der Waals surface area contributed by atoms with E-state index in [2.05, 4.69) is 5.32 Å². The van der Waals surface area contributed by atoms with Gasteiger partial charge >= 0.3 is 0 Å². The van der Waals surface area contributed by atoms with Crippen LogP contribution in [0, 0.1) is 18.3 Å². The Morgan fingerprint density at radius 2 is 1.88 bits per heavy atom. The van der Waals surface area contributed by atoms with Gasteiger partial charge < -0.3 is 10.2 Å². The second-order valence-electron chi connectivity index (χ2n) is 5.59. The lowest BCUT2D eigenvalue weighted by Crippen LogP contribution is -2.32. The van der Waals surface area contributed by atoms with Crippen molar-refractivity contribution < 1.29 is 9.59 Å².